The van der Waals surface area contributed by atoms with Crippen LogP contribution >= 0.6 is 0 Å². The van der Waals surface area contributed by atoms with Crippen LogP contribution in [0.15, 0.2) is 24.3 Å². The van der Waals surface area contributed by atoms with E-state index in [4.69, 9.17) is 19.9 Å². The third-order valence-electron chi connectivity index (χ3n) is 2.74. The Hall–Kier alpha value is -1.10. The molecule has 1 aliphatic rings. The van der Waals surface area contributed by atoms with Gasteiger partial charge >= 0.3 is 0 Å². The van der Waals surface area contributed by atoms with Gasteiger partial charge in [0.2, 0.25) is 0 Å². The summed E-state index contributed by atoms with van der Waals surface area (Å²) in [5.41, 5.74) is 7.10. The standard InChI is InChI=1S/C13H19NO3/c1-2-16-13-6-4-3-5-11(13)12(14)9-17-10-7-15-8-10/h3-6,10,12H,2,7-9,14H2,1H3. The van der Waals surface area contributed by atoms with Crippen LogP contribution in [0.3, 0.4) is 0 Å². The molecule has 1 heterocycles. The van der Waals surface area contributed by atoms with Crippen molar-refractivity contribution in [3.63, 3.8) is 0 Å². The van der Waals surface area contributed by atoms with Gasteiger partial charge in [-0.05, 0) is 13.0 Å². The molecule has 0 aliphatic carbocycles. The molecule has 0 spiro atoms. The van der Waals surface area contributed by atoms with Crippen molar-refractivity contribution < 1.29 is 14.2 Å². The van der Waals surface area contributed by atoms with Crippen molar-refractivity contribution in [3.8, 4) is 5.75 Å². The first-order valence-corrected chi connectivity index (χ1v) is 5.98. The van der Waals surface area contributed by atoms with Crippen LogP contribution in [0.2, 0.25) is 0 Å². The van der Waals surface area contributed by atoms with Crippen LogP contribution in [0.25, 0.3) is 0 Å². The highest BCUT2D eigenvalue weighted by atomic mass is 16.6. The summed E-state index contributed by atoms with van der Waals surface area (Å²) in [7, 11) is 0. The Labute approximate surface area is 102 Å². The molecule has 2 rings (SSSR count). The van der Waals surface area contributed by atoms with Crippen molar-refractivity contribution >= 4 is 0 Å². The molecular formula is C13H19NO3. The SMILES string of the molecule is CCOc1ccccc1C(N)COC1COC1. The van der Waals surface area contributed by atoms with Gasteiger partial charge in [-0.1, -0.05) is 18.2 Å². The molecule has 94 valence electrons. The van der Waals surface area contributed by atoms with E-state index in [2.05, 4.69) is 0 Å². The minimum Gasteiger partial charge on any atom is -0.494 e. The number of benzene rings is 1. The fraction of sp³-hybridized carbons (Fsp3) is 0.538. The highest BCUT2D eigenvalue weighted by molar-refractivity contribution is 5.35. The number of hydrogen-bond acceptors (Lipinski definition) is 4. The van der Waals surface area contributed by atoms with Gasteiger partial charge in [0.05, 0.1) is 32.5 Å². The lowest BCUT2D eigenvalue weighted by molar-refractivity contribution is -0.131. The highest BCUT2D eigenvalue weighted by Crippen LogP contribution is 2.24. The maximum Gasteiger partial charge on any atom is 0.124 e. The maximum atomic E-state index is 6.11. The quantitative estimate of drug-likeness (QED) is 0.814. The van der Waals surface area contributed by atoms with Crippen LogP contribution in [-0.2, 0) is 9.47 Å². The lowest BCUT2D eigenvalue weighted by Crippen LogP contribution is -2.37. The third kappa shape index (κ3) is 3.19. The Morgan fingerprint density at radius 3 is 2.82 bits per heavy atom. The molecule has 2 N–H and O–H groups in total. The van der Waals surface area contributed by atoms with E-state index in [-0.39, 0.29) is 12.1 Å². The molecule has 0 amide bonds. The predicted octanol–water partition coefficient (Wildman–Crippen LogP) is 1.50. The van der Waals surface area contributed by atoms with Crippen LogP contribution < -0.4 is 10.5 Å². The van der Waals surface area contributed by atoms with E-state index in [1.54, 1.807) is 0 Å². The summed E-state index contributed by atoms with van der Waals surface area (Å²) in [5, 5.41) is 0. The lowest BCUT2D eigenvalue weighted by Gasteiger charge is -2.27. The van der Waals surface area contributed by atoms with Gasteiger partial charge in [-0.15, -0.1) is 0 Å². The number of ether oxygens (including phenoxy) is 3. The van der Waals surface area contributed by atoms with Crippen molar-refractivity contribution in [3.05, 3.63) is 29.8 Å². The molecule has 0 radical (unpaired) electrons. The fourth-order valence-corrected chi connectivity index (χ4v) is 1.71. The largest absolute Gasteiger partial charge is 0.494 e. The molecule has 1 aromatic rings. The van der Waals surface area contributed by atoms with Crippen molar-refractivity contribution in [1.82, 2.24) is 0 Å². The van der Waals surface area contributed by atoms with Gasteiger partial charge in [0.1, 0.15) is 11.9 Å². The number of nitrogens with two attached hydrogens (primary N) is 1. The molecule has 1 aromatic carbocycles. The van der Waals surface area contributed by atoms with E-state index in [9.17, 15) is 0 Å². The second-order valence-corrected chi connectivity index (χ2v) is 4.07. The molecule has 0 bridgehead atoms. The van der Waals surface area contributed by atoms with Crippen LogP contribution in [0.1, 0.15) is 18.5 Å². The molecule has 1 aliphatic heterocycles. The minimum atomic E-state index is -0.154. The summed E-state index contributed by atoms with van der Waals surface area (Å²) < 4.78 is 16.2. The van der Waals surface area contributed by atoms with Gasteiger partial charge in [-0.25, -0.2) is 0 Å². The van der Waals surface area contributed by atoms with Crippen LogP contribution in [0.5, 0.6) is 5.75 Å². The summed E-state index contributed by atoms with van der Waals surface area (Å²) in [6, 6.07) is 7.67. The predicted molar refractivity (Wildman–Crippen MR) is 65.1 cm³/mol. The third-order valence-corrected chi connectivity index (χ3v) is 2.74. The van der Waals surface area contributed by atoms with Crippen LogP contribution in [0, 0.1) is 0 Å². The summed E-state index contributed by atoms with van der Waals surface area (Å²) in [5.74, 6) is 0.843. The van der Waals surface area contributed by atoms with E-state index >= 15 is 0 Å². The molecular weight excluding hydrogens is 218 g/mol. The number of para-hydroxylation sites is 1. The Bertz CT molecular complexity index is 352. The summed E-state index contributed by atoms with van der Waals surface area (Å²) in [6.45, 7) is 4.46. The van der Waals surface area contributed by atoms with Gasteiger partial charge in [0.15, 0.2) is 0 Å². The van der Waals surface area contributed by atoms with Gasteiger partial charge < -0.3 is 19.9 Å². The lowest BCUT2D eigenvalue weighted by atomic mass is 10.1. The molecule has 1 unspecified atom stereocenters. The first-order chi connectivity index (χ1) is 8.31. The summed E-state index contributed by atoms with van der Waals surface area (Å²) in [6.07, 6.45) is 0.209. The smallest absolute Gasteiger partial charge is 0.124 e. The summed E-state index contributed by atoms with van der Waals surface area (Å²) >= 11 is 0. The van der Waals surface area contributed by atoms with Crippen molar-refractivity contribution in [2.75, 3.05) is 26.4 Å². The molecule has 1 saturated heterocycles. The average molecular weight is 237 g/mol. The van der Waals surface area contributed by atoms with Gasteiger partial charge in [0, 0.05) is 5.56 Å². The Morgan fingerprint density at radius 1 is 1.41 bits per heavy atom. The maximum absolute atomic E-state index is 6.11. The molecule has 0 saturated carbocycles. The Kier molecular flexibility index (Phi) is 4.36. The molecule has 4 nitrogen and oxygen atoms in total. The average Bonchev–Trinajstić information content (AvgIpc) is 2.28. The van der Waals surface area contributed by atoms with Gasteiger partial charge in [0.25, 0.3) is 0 Å². The second-order valence-electron chi connectivity index (χ2n) is 4.07. The molecule has 1 atom stereocenters. The second kappa shape index (κ2) is 6.00. The van der Waals surface area contributed by atoms with Crippen LogP contribution in [-0.4, -0.2) is 32.5 Å². The number of hydrogen-bond donors (Lipinski definition) is 1. The van der Waals surface area contributed by atoms with Crippen molar-refractivity contribution in [2.24, 2.45) is 5.73 Å². The topological polar surface area (TPSA) is 53.7 Å². The van der Waals surface area contributed by atoms with Crippen LogP contribution in [0.4, 0.5) is 0 Å². The Balaban J connectivity index is 1.93. The molecule has 0 aromatic heterocycles. The first-order valence-electron chi connectivity index (χ1n) is 5.98. The zero-order valence-corrected chi connectivity index (χ0v) is 10.1. The monoisotopic (exact) mass is 237 g/mol. The zero-order chi connectivity index (χ0) is 12.1. The molecule has 17 heavy (non-hydrogen) atoms. The van der Waals surface area contributed by atoms with Crippen molar-refractivity contribution in [1.29, 1.82) is 0 Å². The van der Waals surface area contributed by atoms with Crippen molar-refractivity contribution in [2.45, 2.75) is 19.1 Å². The first kappa shape index (κ1) is 12.4. The molecule has 1 fully saturated rings. The van der Waals surface area contributed by atoms with E-state index < -0.39 is 0 Å². The van der Waals surface area contributed by atoms with Gasteiger partial charge in [-0.3, -0.25) is 0 Å². The van der Waals surface area contributed by atoms with E-state index in [0.29, 0.717) is 26.4 Å². The zero-order valence-electron chi connectivity index (χ0n) is 10.1. The van der Waals surface area contributed by atoms with E-state index in [0.717, 1.165) is 11.3 Å². The van der Waals surface area contributed by atoms with Gasteiger partial charge in [-0.2, -0.15) is 0 Å². The summed E-state index contributed by atoms with van der Waals surface area (Å²) in [4.78, 5) is 0. The number of rotatable bonds is 6. The van der Waals surface area contributed by atoms with E-state index in [1.807, 2.05) is 31.2 Å². The minimum absolute atomic E-state index is 0.154. The highest BCUT2D eigenvalue weighted by Gasteiger charge is 2.21. The fourth-order valence-electron chi connectivity index (χ4n) is 1.71. The molecule has 4 heteroatoms. The van der Waals surface area contributed by atoms with E-state index in [1.165, 1.54) is 0 Å². The Morgan fingerprint density at radius 2 is 2.18 bits per heavy atom. The normalized spacial score (nSPS) is 17.5.